The van der Waals surface area contributed by atoms with Gasteiger partial charge in [-0.05, 0) is 31.7 Å². The van der Waals surface area contributed by atoms with Gasteiger partial charge in [-0.1, -0.05) is 20.3 Å². The van der Waals surface area contributed by atoms with Crippen LogP contribution >= 0.6 is 0 Å². The summed E-state index contributed by atoms with van der Waals surface area (Å²) in [7, 11) is -3.09. The summed E-state index contributed by atoms with van der Waals surface area (Å²) in [6.07, 6.45) is 4.31. The molecule has 1 fully saturated rings. The predicted octanol–water partition coefficient (Wildman–Crippen LogP) is 1.09. The Balaban J connectivity index is 2.28. The quantitative estimate of drug-likeness (QED) is 0.663. The van der Waals surface area contributed by atoms with Crippen LogP contribution in [0.4, 0.5) is 0 Å². The van der Waals surface area contributed by atoms with Crippen molar-refractivity contribution in [3.8, 4) is 0 Å². The van der Waals surface area contributed by atoms with E-state index in [1.165, 1.54) is 0 Å². The molecule has 0 aromatic heterocycles. The van der Waals surface area contributed by atoms with Gasteiger partial charge < -0.3 is 5.32 Å². The zero-order valence-corrected chi connectivity index (χ0v) is 11.1. The molecule has 5 heteroatoms. The first kappa shape index (κ1) is 13.9. The monoisotopic (exact) mass is 248 g/mol. The lowest BCUT2D eigenvalue weighted by Gasteiger charge is -2.17. The van der Waals surface area contributed by atoms with Crippen molar-refractivity contribution in [2.45, 2.75) is 45.6 Å². The Bertz CT molecular complexity index is 290. The van der Waals surface area contributed by atoms with Crippen LogP contribution in [0.25, 0.3) is 0 Å². The highest BCUT2D eigenvalue weighted by Gasteiger charge is 2.26. The van der Waals surface area contributed by atoms with Crippen LogP contribution in [0.3, 0.4) is 0 Å². The number of rotatable bonds is 7. The van der Waals surface area contributed by atoms with Gasteiger partial charge >= 0.3 is 0 Å². The molecule has 1 aliphatic carbocycles. The van der Waals surface area contributed by atoms with Gasteiger partial charge in [-0.15, -0.1) is 0 Å². The van der Waals surface area contributed by atoms with E-state index < -0.39 is 10.0 Å². The SMILES string of the molecule is CCCNCCS(=O)(=O)NC1CCCC1C. The van der Waals surface area contributed by atoms with E-state index in [0.29, 0.717) is 12.5 Å². The minimum Gasteiger partial charge on any atom is -0.316 e. The highest BCUT2D eigenvalue weighted by Crippen LogP contribution is 2.25. The second-order valence-electron chi connectivity index (χ2n) is 4.70. The molecule has 4 nitrogen and oxygen atoms in total. The van der Waals surface area contributed by atoms with Gasteiger partial charge in [-0.3, -0.25) is 0 Å². The maximum absolute atomic E-state index is 11.7. The molecule has 2 unspecified atom stereocenters. The van der Waals surface area contributed by atoms with Gasteiger partial charge in [0.25, 0.3) is 0 Å². The van der Waals surface area contributed by atoms with E-state index in [9.17, 15) is 8.42 Å². The Kier molecular flexibility index (Phi) is 5.72. The minimum absolute atomic E-state index is 0.163. The van der Waals surface area contributed by atoms with E-state index in [2.05, 4.69) is 23.9 Å². The Labute approximate surface area is 99.2 Å². The van der Waals surface area contributed by atoms with Crippen molar-refractivity contribution in [3.05, 3.63) is 0 Å². The lowest BCUT2D eigenvalue weighted by atomic mass is 10.1. The van der Waals surface area contributed by atoms with Crippen LogP contribution in [-0.2, 0) is 10.0 Å². The zero-order valence-electron chi connectivity index (χ0n) is 10.3. The topological polar surface area (TPSA) is 58.2 Å². The van der Waals surface area contributed by atoms with E-state index in [1.54, 1.807) is 0 Å². The highest BCUT2D eigenvalue weighted by atomic mass is 32.2. The van der Waals surface area contributed by atoms with Gasteiger partial charge in [-0.2, -0.15) is 0 Å². The zero-order chi connectivity index (χ0) is 12.0. The Morgan fingerprint density at radius 2 is 2.00 bits per heavy atom. The fourth-order valence-corrected chi connectivity index (χ4v) is 3.46. The van der Waals surface area contributed by atoms with E-state index in [-0.39, 0.29) is 11.8 Å². The summed E-state index contributed by atoms with van der Waals surface area (Å²) in [4.78, 5) is 0. The highest BCUT2D eigenvalue weighted by molar-refractivity contribution is 7.89. The maximum atomic E-state index is 11.7. The molecule has 2 atom stereocenters. The first-order valence-corrected chi connectivity index (χ1v) is 7.91. The summed E-state index contributed by atoms with van der Waals surface area (Å²) in [6.45, 7) is 5.62. The number of nitrogens with one attached hydrogen (secondary N) is 2. The number of hydrogen-bond donors (Lipinski definition) is 2. The molecule has 96 valence electrons. The maximum Gasteiger partial charge on any atom is 0.213 e. The first-order chi connectivity index (χ1) is 7.55. The van der Waals surface area contributed by atoms with Crippen LogP contribution in [0.1, 0.15) is 39.5 Å². The van der Waals surface area contributed by atoms with Gasteiger partial charge in [0, 0.05) is 12.6 Å². The van der Waals surface area contributed by atoms with E-state index in [1.807, 2.05) is 0 Å². The molecule has 0 bridgehead atoms. The van der Waals surface area contributed by atoms with Crippen molar-refractivity contribution in [1.29, 1.82) is 0 Å². The van der Waals surface area contributed by atoms with Crippen LogP contribution in [-0.4, -0.2) is 33.3 Å². The number of hydrogen-bond acceptors (Lipinski definition) is 3. The summed E-state index contributed by atoms with van der Waals surface area (Å²) in [5, 5.41) is 3.11. The van der Waals surface area contributed by atoms with Gasteiger partial charge in [0.2, 0.25) is 10.0 Å². The molecule has 1 rings (SSSR count). The Morgan fingerprint density at radius 1 is 1.25 bits per heavy atom. The van der Waals surface area contributed by atoms with E-state index in [0.717, 1.165) is 32.2 Å². The average molecular weight is 248 g/mol. The van der Waals surface area contributed by atoms with Crippen LogP contribution in [0.5, 0.6) is 0 Å². The predicted molar refractivity (Wildman–Crippen MR) is 66.9 cm³/mol. The second kappa shape index (κ2) is 6.57. The summed E-state index contributed by atoms with van der Waals surface area (Å²) in [5.41, 5.74) is 0. The largest absolute Gasteiger partial charge is 0.316 e. The smallest absolute Gasteiger partial charge is 0.213 e. The molecule has 1 saturated carbocycles. The van der Waals surface area contributed by atoms with Crippen molar-refractivity contribution >= 4 is 10.0 Å². The molecular weight excluding hydrogens is 224 g/mol. The fourth-order valence-electron chi connectivity index (χ4n) is 2.12. The number of sulfonamides is 1. The molecule has 1 aliphatic rings. The molecule has 16 heavy (non-hydrogen) atoms. The summed E-state index contributed by atoms with van der Waals surface area (Å²) >= 11 is 0. The van der Waals surface area contributed by atoms with Crippen molar-refractivity contribution in [1.82, 2.24) is 10.0 Å². The third-order valence-corrected chi connectivity index (χ3v) is 4.57. The average Bonchev–Trinajstić information content (AvgIpc) is 2.59. The molecule has 2 N–H and O–H groups in total. The molecule has 0 amide bonds. The third kappa shape index (κ3) is 4.80. The third-order valence-electron chi connectivity index (χ3n) is 3.17. The van der Waals surface area contributed by atoms with Gasteiger partial charge in [0.15, 0.2) is 0 Å². The molecule has 0 aromatic carbocycles. The van der Waals surface area contributed by atoms with E-state index >= 15 is 0 Å². The Hall–Kier alpha value is -0.130. The fraction of sp³-hybridized carbons (Fsp3) is 1.00. The van der Waals surface area contributed by atoms with Crippen LogP contribution in [0.2, 0.25) is 0 Å². The lowest BCUT2D eigenvalue weighted by Crippen LogP contribution is -2.40. The van der Waals surface area contributed by atoms with Crippen LogP contribution < -0.4 is 10.0 Å². The van der Waals surface area contributed by atoms with Crippen molar-refractivity contribution in [2.75, 3.05) is 18.8 Å². The van der Waals surface area contributed by atoms with Gasteiger partial charge in [0.1, 0.15) is 0 Å². The Morgan fingerprint density at radius 3 is 2.56 bits per heavy atom. The van der Waals surface area contributed by atoms with Gasteiger partial charge in [-0.25, -0.2) is 13.1 Å². The van der Waals surface area contributed by atoms with Crippen molar-refractivity contribution < 1.29 is 8.42 Å². The molecule has 0 aromatic rings. The summed E-state index contributed by atoms with van der Waals surface area (Å²) in [5.74, 6) is 0.675. The second-order valence-corrected chi connectivity index (χ2v) is 6.57. The molecular formula is C11H24N2O2S. The minimum atomic E-state index is -3.09. The molecule has 0 heterocycles. The van der Waals surface area contributed by atoms with E-state index in [4.69, 9.17) is 0 Å². The van der Waals surface area contributed by atoms with Crippen molar-refractivity contribution in [2.24, 2.45) is 5.92 Å². The normalized spacial score (nSPS) is 26.1. The standard InChI is InChI=1S/C11H24N2O2S/c1-3-7-12-8-9-16(14,15)13-11-6-4-5-10(11)2/h10-13H,3-9H2,1-2H3. The summed E-state index contributed by atoms with van der Waals surface area (Å²) < 4.78 is 26.3. The van der Waals surface area contributed by atoms with Crippen LogP contribution in [0, 0.1) is 5.92 Å². The molecule has 0 aliphatic heterocycles. The van der Waals surface area contributed by atoms with Gasteiger partial charge in [0.05, 0.1) is 5.75 Å². The molecule has 0 radical (unpaired) electrons. The van der Waals surface area contributed by atoms with Crippen LogP contribution in [0.15, 0.2) is 0 Å². The molecule has 0 spiro atoms. The summed E-state index contributed by atoms with van der Waals surface area (Å²) in [6, 6.07) is 0.163. The molecule has 0 saturated heterocycles. The first-order valence-electron chi connectivity index (χ1n) is 6.26. The van der Waals surface area contributed by atoms with Crippen molar-refractivity contribution in [3.63, 3.8) is 0 Å². The lowest BCUT2D eigenvalue weighted by molar-refractivity contribution is 0.475.